The van der Waals surface area contributed by atoms with Crippen LogP contribution in [0.1, 0.15) is 21.6 Å². The van der Waals surface area contributed by atoms with E-state index >= 15 is 0 Å². The summed E-state index contributed by atoms with van der Waals surface area (Å²) in [6.45, 7) is 0.586. The van der Waals surface area contributed by atoms with Gasteiger partial charge in [0.25, 0.3) is 0 Å². The first-order valence-corrected chi connectivity index (χ1v) is 10.5. The Balaban J connectivity index is 1.45. The van der Waals surface area contributed by atoms with Crippen LogP contribution in [-0.2, 0) is 17.2 Å². The molecule has 0 bridgehead atoms. The van der Waals surface area contributed by atoms with Crippen LogP contribution in [-0.4, -0.2) is 60.8 Å². The summed E-state index contributed by atoms with van der Waals surface area (Å²) in [6.07, 6.45) is 8.58. The minimum atomic E-state index is -0.479. The van der Waals surface area contributed by atoms with Crippen molar-refractivity contribution in [1.82, 2.24) is 34.4 Å². The molecule has 0 amide bonds. The van der Waals surface area contributed by atoms with Crippen molar-refractivity contribution >= 4 is 23.9 Å². The SMILES string of the molecule is COC(=O)c1ccn(CSc2nncn2/N=C\c2ccc(OC)c(Cn3cccn3)c2)n1. The Hall–Kier alpha value is -3.93. The van der Waals surface area contributed by atoms with Gasteiger partial charge in [-0.1, -0.05) is 11.8 Å². The van der Waals surface area contributed by atoms with Gasteiger partial charge in [-0.2, -0.15) is 20.0 Å². The topological polar surface area (TPSA) is 114 Å². The fourth-order valence-corrected chi connectivity index (χ4v) is 3.59. The fraction of sp³-hybridized carbons (Fsp3) is 0.200. The number of ether oxygens (including phenoxy) is 2. The van der Waals surface area contributed by atoms with E-state index < -0.39 is 5.97 Å². The van der Waals surface area contributed by atoms with Crippen LogP contribution in [0.15, 0.2) is 65.5 Å². The highest BCUT2D eigenvalue weighted by molar-refractivity contribution is 7.98. The summed E-state index contributed by atoms with van der Waals surface area (Å²) in [5.41, 5.74) is 2.13. The van der Waals surface area contributed by atoms with Crippen molar-refractivity contribution in [1.29, 1.82) is 0 Å². The van der Waals surface area contributed by atoms with E-state index in [-0.39, 0.29) is 5.69 Å². The minimum absolute atomic E-state index is 0.248. The van der Waals surface area contributed by atoms with Crippen molar-refractivity contribution in [3.8, 4) is 5.75 Å². The van der Waals surface area contributed by atoms with Gasteiger partial charge >= 0.3 is 5.97 Å². The number of thioether (sulfide) groups is 1. The molecule has 4 aromatic rings. The highest BCUT2D eigenvalue weighted by Gasteiger charge is 2.11. The molecule has 0 saturated carbocycles. The third kappa shape index (κ3) is 5.03. The second-order valence-electron chi connectivity index (χ2n) is 6.48. The van der Waals surface area contributed by atoms with E-state index in [1.165, 1.54) is 25.2 Å². The van der Waals surface area contributed by atoms with E-state index in [0.29, 0.717) is 17.6 Å². The zero-order valence-corrected chi connectivity index (χ0v) is 18.2. The molecule has 0 atom stereocenters. The first kappa shape index (κ1) is 21.3. The lowest BCUT2D eigenvalue weighted by Crippen LogP contribution is -2.04. The Bertz CT molecular complexity index is 1220. The van der Waals surface area contributed by atoms with E-state index in [0.717, 1.165) is 16.9 Å². The molecule has 3 heterocycles. The average Bonchev–Trinajstić information content (AvgIpc) is 3.58. The van der Waals surface area contributed by atoms with Gasteiger partial charge in [-0.15, -0.1) is 10.2 Å². The Morgan fingerprint density at radius 2 is 2.12 bits per heavy atom. The number of methoxy groups -OCH3 is 2. The van der Waals surface area contributed by atoms with Gasteiger partial charge in [0.1, 0.15) is 12.1 Å². The lowest BCUT2D eigenvalue weighted by atomic mass is 10.1. The third-order valence-electron chi connectivity index (χ3n) is 4.39. The van der Waals surface area contributed by atoms with Gasteiger partial charge in [0.2, 0.25) is 5.16 Å². The van der Waals surface area contributed by atoms with Gasteiger partial charge in [-0.3, -0.25) is 9.36 Å². The molecule has 0 aliphatic heterocycles. The number of nitrogens with zero attached hydrogens (tertiary/aromatic N) is 8. The third-order valence-corrected chi connectivity index (χ3v) is 5.31. The van der Waals surface area contributed by atoms with Crippen LogP contribution in [0.3, 0.4) is 0 Å². The van der Waals surface area contributed by atoms with Crippen LogP contribution >= 0.6 is 11.8 Å². The second kappa shape index (κ2) is 9.92. The lowest BCUT2D eigenvalue weighted by molar-refractivity contribution is 0.0593. The largest absolute Gasteiger partial charge is 0.496 e. The van der Waals surface area contributed by atoms with E-state index in [1.54, 1.807) is 41.1 Å². The normalized spacial score (nSPS) is 11.2. The lowest BCUT2D eigenvalue weighted by Gasteiger charge is -2.09. The average molecular weight is 453 g/mol. The Morgan fingerprint density at radius 3 is 2.91 bits per heavy atom. The quantitative estimate of drug-likeness (QED) is 0.216. The number of hydrogen-bond acceptors (Lipinski definition) is 9. The number of benzene rings is 1. The molecule has 4 rings (SSSR count). The summed E-state index contributed by atoms with van der Waals surface area (Å²) in [5, 5.41) is 21.5. The summed E-state index contributed by atoms with van der Waals surface area (Å²) < 4.78 is 15.1. The van der Waals surface area contributed by atoms with Crippen molar-refractivity contribution in [2.75, 3.05) is 14.2 Å². The van der Waals surface area contributed by atoms with Crippen LogP contribution in [0.25, 0.3) is 0 Å². The molecule has 0 radical (unpaired) electrons. The zero-order chi connectivity index (χ0) is 22.3. The summed E-state index contributed by atoms with van der Waals surface area (Å²) >= 11 is 1.38. The molecule has 0 unspecified atom stereocenters. The number of carbonyl (C=O) groups is 1. The molecule has 0 N–H and O–H groups in total. The number of aromatic nitrogens is 7. The first-order chi connectivity index (χ1) is 15.7. The first-order valence-electron chi connectivity index (χ1n) is 9.49. The molecule has 0 aliphatic carbocycles. The van der Waals surface area contributed by atoms with Crippen LogP contribution in [0.4, 0.5) is 0 Å². The van der Waals surface area contributed by atoms with Gasteiger partial charge in [0.15, 0.2) is 5.69 Å². The van der Waals surface area contributed by atoms with Crippen molar-refractivity contribution in [2.24, 2.45) is 5.10 Å². The van der Waals surface area contributed by atoms with Crippen LogP contribution in [0.5, 0.6) is 5.75 Å². The summed E-state index contributed by atoms with van der Waals surface area (Å²) in [5.74, 6) is 0.735. The standard InChI is InChI=1S/C20H20N8O3S/c1-30-18-5-4-15(10-16(18)12-26-8-3-7-22-26)11-23-28-13-21-24-20(28)32-14-27-9-6-17(25-27)19(29)31-2/h3-11,13H,12,14H2,1-2H3/b23-11-. The van der Waals surface area contributed by atoms with Gasteiger partial charge in [-0.05, 0) is 35.9 Å². The van der Waals surface area contributed by atoms with E-state index in [1.807, 2.05) is 35.1 Å². The summed E-state index contributed by atoms with van der Waals surface area (Å²) in [4.78, 5) is 11.5. The summed E-state index contributed by atoms with van der Waals surface area (Å²) in [6, 6.07) is 9.30. The molecule has 0 saturated heterocycles. The predicted molar refractivity (Wildman–Crippen MR) is 117 cm³/mol. The molecule has 0 fully saturated rings. The minimum Gasteiger partial charge on any atom is -0.496 e. The molecule has 1 aromatic carbocycles. The van der Waals surface area contributed by atoms with Crippen LogP contribution in [0.2, 0.25) is 0 Å². The number of hydrogen-bond donors (Lipinski definition) is 0. The predicted octanol–water partition coefficient (Wildman–Crippen LogP) is 2.15. The van der Waals surface area contributed by atoms with Gasteiger partial charge in [0, 0.05) is 24.2 Å². The highest BCUT2D eigenvalue weighted by Crippen LogP contribution is 2.21. The number of carbonyl (C=O) groups excluding carboxylic acids is 1. The zero-order valence-electron chi connectivity index (χ0n) is 17.4. The molecular formula is C20H20N8O3S. The smallest absolute Gasteiger partial charge is 0.358 e. The molecule has 0 aliphatic rings. The van der Waals surface area contributed by atoms with Crippen molar-refractivity contribution in [2.45, 2.75) is 17.6 Å². The molecule has 164 valence electrons. The monoisotopic (exact) mass is 452 g/mol. The maximum atomic E-state index is 11.5. The van der Waals surface area contributed by atoms with E-state index in [4.69, 9.17) is 4.74 Å². The Morgan fingerprint density at radius 1 is 1.22 bits per heavy atom. The van der Waals surface area contributed by atoms with Gasteiger partial charge in [0.05, 0.1) is 32.9 Å². The van der Waals surface area contributed by atoms with Gasteiger partial charge < -0.3 is 9.47 Å². The Labute approximate surface area is 187 Å². The maximum absolute atomic E-state index is 11.5. The maximum Gasteiger partial charge on any atom is 0.358 e. The Kier molecular flexibility index (Phi) is 6.60. The summed E-state index contributed by atoms with van der Waals surface area (Å²) in [7, 11) is 2.96. The van der Waals surface area contributed by atoms with Crippen molar-refractivity contribution in [3.05, 3.63) is 72.1 Å². The van der Waals surface area contributed by atoms with Crippen molar-refractivity contribution < 1.29 is 14.3 Å². The number of esters is 1. The highest BCUT2D eigenvalue weighted by atomic mass is 32.2. The van der Waals surface area contributed by atoms with Crippen LogP contribution < -0.4 is 4.74 Å². The second-order valence-corrected chi connectivity index (χ2v) is 7.40. The molecule has 11 nitrogen and oxygen atoms in total. The fourth-order valence-electron chi connectivity index (χ4n) is 2.86. The van der Waals surface area contributed by atoms with Crippen molar-refractivity contribution in [3.63, 3.8) is 0 Å². The molecular weight excluding hydrogens is 432 g/mol. The molecule has 0 spiro atoms. The van der Waals surface area contributed by atoms with Crippen LogP contribution in [0, 0.1) is 0 Å². The molecule has 3 aromatic heterocycles. The van der Waals surface area contributed by atoms with Gasteiger partial charge in [-0.25, -0.2) is 4.79 Å². The van der Waals surface area contributed by atoms with E-state index in [2.05, 4.69) is 30.2 Å². The molecule has 12 heteroatoms. The molecule has 32 heavy (non-hydrogen) atoms. The number of rotatable bonds is 9. The van der Waals surface area contributed by atoms with E-state index in [9.17, 15) is 4.79 Å².